The van der Waals surface area contributed by atoms with Crippen LogP contribution < -0.4 is 0 Å². The quantitative estimate of drug-likeness (QED) is 0.643. The third kappa shape index (κ3) is 2.36. The maximum atomic E-state index is 5.41. The number of likely N-dealkylation sites (tertiary alicyclic amines) is 1. The molecule has 3 heteroatoms. The lowest BCUT2D eigenvalue weighted by Crippen LogP contribution is -2.32. The molecule has 0 aromatic carbocycles. The molecule has 1 aliphatic rings. The van der Waals surface area contributed by atoms with Crippen molar-refractivity contribution < 1.29 is 4.74 Å². The summed E-state index contributed by atoms with van der Waals surface area (Å²) in [5.74, 6) is 0.944. The number of ether oxygens (including phenoxy) is 1. The largest absolute Gasteiger partial charge is 0.377 e. The van der Waals surface area contributed by atoms with Crippen LogP contribution in [0.25, 0.3) is 0 Å². The van der Waals surface area contributed by atoms with E-state index in [1.165, 1.54) is 0 Å². The van der Waals surface area contributed by atoms with Gasteiger partial charge < -0.3 is 4.74 Å². The molecular weight excluding hydrogens is 158 g/mol. The van der Waals surface area contributed by atoms with Gasteiger partial charge in [0, 0.05) is 32.5 Å². The van der Waals surface area contributed by atoms with Crippen molar-refractivity contribution in [3.05, 3.63) is 0 Å². The highest BCUT2D eigenvalue weighted by atomic mass is 32.1. The highest BCUT2D eigenvalue weighted by Gasteiger charge is 2.32. The molecule has 0 saturated carbocycles. The molecule has 0 radical (unpaired) electrons. The first kappa shape index (κ1) is 9.36. The first-order valence-corrected chi connectivity index (χ1v) is 4.72. The third-order valence-corrected chi connectivity index (χ3v) is 2.62. The van der Waals surface area contributed by atoms with Crippen LogP contribution in [0.1, 0.15) is 13.3 Å². The molecule has 0 bridgehead atoms. The molecule has 1 atom stereocenters. The second kappa shape index (κ2) is 3.78. The molecule has 0 aromatic rings. The van der Waals surface area contributed by atoms with Crippen LogP contribution in [0.2, 0.25) is 0 Å². The van der Waals surface area contributed by atoms with Crippen molar-refractivity contribution in [3.63, 3.8) is 0 Å². The van der Waals surface area contributed by atoms with Gasteiger partial charge in [-0.2, -0.15) is 12.6 Å². The minimum Gasteiger partial charge on any atom is -0.377 e. The minimum atomic E-state index is 0.100. The topological polar surface area (TPSA) is 12.5 Å². The number of thiol groups is 1. The summed E-state index contributed by atoms with van der Waals surface area (Å²) in [6.45, 7) is 5.47. The number of rotatable bonds is 3. The van der Waals surface area contributed by atoms with Crippen LogP contribution in [0, 0.1) is 0 Å². The van der Waals surface area contributed by atoms with Gasteiger partial charge >= 0.3 is 0 Å². The Kier molecular flexibility index (Phi) is 3.22. The lowest BCUT2D eigenvalue weighted by molar-refractivity contribution is 0.0154. The fourth-order valence-electron chi connectivity index (χ4n) is 1.52. The number of methoxy groups -OCH3 is 1. The molecule has 0 aromatic heterocycles. The van der Waals surface area contributed by atoms with Gasteiger partial charge in [0.05, 0.1) is 5.60 Å². The van der Waals surface area contributed by atoms with Crippen molar-refractivity contribution in [2.24, 2.45) is 0 Å². The van der Waals surface area contributed by atoms with Crippen LogP contribution in [0.3, 0.4) is 0 Å². The van der Waals surface area contributed by atoms with Crippen molar-refractivity contribution in [2.45, 2.75) is 18.9 Å². The van der Waals surface area contributed by atoms with Gasteiger partial charge in [-0.05, 0) is 13.3 Å². The molecular formula is C8H17NOS. The first-order valence-electron chi connectivity index (χ1n) is 4.08. The Balaban J connectivity index is 2.33. The van der Waals surface area contributed by atoms with E-state index in [0.29, 0.717) is 0 Å². The Morgan fingerprint density at radius 3 is 2.82 bits per heavy atom. The van der Waals surface area contributed by atoms with Crippen LogP contribution in [0.15, 0.2) is 0 Å². The average molecular weight is 175 g/mol. The fraction of sp³-hybridized carbons (Fsp3) is 1.00. The summed E-state index contributed by atoms with van der Waals surface area (Å²) in [5.41, 5.74) is 0.100. The van der Waals surface area contributed by atoms with Gasteiger partial charge in [0.25, 0.3) is 0 Å². The SMILES string of the molecule is COC1(C)CCN(CCS)C1. The second-order valence-electron chi connectivity index (χ2n) is 3.40. The zero-order valence-electron chi connectivity index (χ0n) is 7.34. The van der Waals surface area contributed by atoms with Crippen molar-refractivity contribution in [3.8, 4) is 0 Å². The number of nitrogens with zero attached hydrogens (tertiary/aromatic N) is 1. The summed E-state index contributed by atoms with van der Waals surface area (Å²) in [6.07, 6.45) is 1.15. The van der Waals surface area contributed by atoms with E-state index in [-0.39, 0.29) is 5.60 Å². The Morgan fingerprint density at radius 2 is 2.36 bits per heavy atom. The van der Waals surface area contributed by atoms with Gasteiger partial charge in [-0.3, -0.25) is 4.90 Å². The Labute approximate surface area is 74.3 Å². The fourth-order valence-corrected chi connectivity index (χ4v) is 1.81. The molecule has 1 saturated heterocycles. The van der Waals surface area contributed by atoms with E-state index in [1.54, 1.807) is 7.11 Å². The van der Waals surface area contributed by atoms with E-state index in [0.717, 1.165) is 31.8 Å². The monoisotopic (exact) mass is 175 g/mol. The standard InChI is InChI=1S/C8H17NOS/c1-8(10-2)3-4-9(7-8)5-6-11/h11H,3-7H2,1-2H3. The van der Waals surface area contributed by atoms with Crippen LogP contribution in [-0.2, 0) is 4.74 Å². The summed E-state index contributed by atoms with van der Waals surface area (Å²) in [7, 11) is 1.80. The third-order valence-electron chi connectivity index (χ3n) is 2.42. The summed E-state index contributed by atoms with van der Waals surface area (Å²) < 4.78 is 5.41. The van der Waals surface area contributed by atoms with Gasteiger partial charge in [-0.1, -0.05) is 0 Å². The molecule has 0 aliphatic carbocycles. The van der Waals surface area contributed by atoms with E-state index in [9.17, 15) is 0 Å². The van der Waals surface area contributed by atoms with Crippen LogP contribution in [0.5, 0.6) is 0 Å². The Morgan fingerprint density at radius 1 is 1.64 bits per heavy atom. The van der Waals surface area contributed by atoms with E-state index in [2.05, 4.69) is 24.5 Å². The van der Waals surface area contributed by atoms with Gasteiger partial charge in [0.15, 0.2) is 0 Å². The van der Waals surface area contributed by atoms with Crippen molar-refractivity contribution in [2.75, 3.05) is 32.5 Å². The van der Waals surface area contributed by atoms with Crippen LogP contribution in [-0.4, -0.2) is 43.0 Å². The van der Waals surface area contributed by atoms with Gasteiger partial charge in [0.2, 0.25) is 0 Å². The predicted octanol–water partition coefficient (Wildman–Crippen LogP) is 1.03. The van der Waals surface area contributed by atoms with E-state index in [4.69, 9.17) is 4.74 Å². The van der Waals surface area contributed by atoms with Gasteiger partial charge in [-0.25, -0.2) is 0 Å². The summed E-state index contributed by atoms with van der Waals surface area (Å²) in [6, 6.07) is 0. The second-order valence-corrected chi connectivity index (χ2v) is 3.85. The first-order chi connectivity index (χ1) is 5.20. The van der Waals surface area contributed by atoms with Crippen LogP contribution in [0.4, 0.5) is 0 Å². The molecule has 1 rings (SSSR count). The molecule has 1 fully saturated rings. The van der Waals surface area contributed by atoms with E-state index >= 15 is 0 Å². The van der Waals surface area contributed by atoms with Crippen molar-refractivity contribution >= 4 is 12.6 Å². The molecule has 11 heavy (non-hydrogen) atoms. The Bertz CT molecular complexity index is 131. The maximum Gasteiger partial charge on any atom is 0.0789 e. The molecule has 1 aliphatic heterocycles. The zero-order valence-corrected chi connectivity index (χ0v) is 8.23. The average Bonchev–Trinajstić information content (AvgIpc) is 2.35. The highest BCUT2D eigenvalue weighted by molar-refractivity contribution is 7.80. The van der Waals surface area contributed by atoms with Gasteiger partial charge in [0.1, 0.15) is 0 Å². The number of hydrogen-bond donors (Lipinski definition) is 1. The molecule has 1 heterocycles. The lowest BCUT2D eigenvalue weighted by Gasteiger charge is -2.22. The predicted molar refractivity (Wildman–Crippen MR) is 50.3 cm³/mol. The van der Waals surface area contributed by atoms with E-state index in [1.807, 2.05) is 0 Å². The molecule has 2 nitrogen and oxygen atoms in total. The van der Waals surface area contributed by atoms with Crippen LogP contribution >= 0.6 is 12.6 Å². The molecule has 66 valence electrons. The van der Waals surface area contributed by atoms with Gasteiger partial charge in [-0.15, -0.1) is 0 Å². The van der Waals surface area contributed by atoms with E-state index < -0.39 is 0 Å². The summed E-state index contributed by atoms with van der Waals surface area (Å²) >= 11 is 4.20. The molecule has 0 N–H and O–H groups in total. The number of hydrogen-bond acceptors (Lipinski definition) is 3. The highest BCUT2D eigenvalue weighted by Crippen LogP contribution is 2.23. The van der Waals surface area contributed by atoms with Crippen molar-refractivity contribution in [1.82, 2.24) is 4.90 Å². The normalized spacial score (nSPS) is 33.0. The Hall–Kier alpha value is 0.270. The molecule has 0 amide bonds. The molecule has 1 unspecified atom stereocenters. The zero-order chi connectivity index (χ0) is 8.32. The lowest BCUT2D eigenvalue weighted by atomic mass is 10.1. The summed E-state index contributed by atoms with van der Waals surface area (Å²) in [4.78, 5) is 2.40. The summed E-state index contributed by atoms with van der Waals surface area (Å²) in [5, 5.41) is 0. The minimum absolute atomic E-state index is 0.100. The van der Waals surface area contributed by atoms with Crippen molar-refractivity contribution in [1.29, 1.82) is 0 Å². The maximum absolute atomic E-state index is 5.41. The molecule has 0 spiro atoms. The smallest absolute Gasteiger partial charge is 0.0789 e.